The smallest absolute Gasteiger partial charge is 0.404 e. The third kappa shape index (κ3) is 5.70. The number of aromatic nitrogens is 6. The van der Waals surface area contributed by atoms with Gasteiger partial charge in [0.2, 0.25) is 0 Å². The Balaban J connectivity index is 1.48. The van der Waals surface area contributed by atoms with Crippen LogP contribution in [-0.2, 0) is 6.54 Å². The Labute approximate surface area is 242 Å². The molecule has 0 radical (unpaired) electrons. The molecule has 12 nitrogen and oxygen atoms in total. The molecule has 4 heterocycles. The normalized spacial score (nSPS) is 17.7. The lowest BCUT2D eigenvalue weighted by molar-refractivity contribution is -0.0123. The first kappa shape index (κ1) is 27.7. The monoisotopic (exact) mass is 659 g/mol. The Bertz CT molecular complexity index is 1600. The van der Waals surface area contributed by atoms with Crippen molar-refractivity contribution >= 4 is 39.9 Å². The quantitative estimate of drug-likeness (QED) is 0.196. The van der Waals surface area contributed by atoms with Gasteiger partial charge in [0, 0.05) is 30.0 Å². The number of carbonyl (C=O) groups is 1. The number of fused-ring (bicyclic) bond motifs is 1. The third-order valence-corrected chi connectivity index (χ3v) is 8.03. The highest BCUT2D eigenvalue weighted by Crippen LogP contribution is 2.37. The summed E-state index contributed by atoms with van der Waals surface area (Å²) in [6.07, 6.45) is 2.16. The van der Waals surface area contributed by atoms with Gasteiger partial charge >= 0.3 is 6.09 Å². The molecular weight excluding hydrogens is 632 g/mol. The Morgan fingerprint density at radius 2 is 2.10 bits per heavy atom. The zero-order chi connectivity index (χ0) is 28.6. The van der Waals surface area contributed by atoms with Crippen molar-refractivity contribution in [2.75, 3.05) is 11.9 Å². The highest BCUT2D eigenvalue weighted by Gasteiger charge is 2.31. The van der Waals surface area contributed by atoms with E-state index in [9.17, 15) is 19.6 Å². The lowest BCUT2D eigenvalue weighted by Gasteiger charge is -2.36. The first-order valence-electron chi connectivity index (χ1n) is 12.6. The van der Waals surface area contributed by atoms with E-state index in [1.165, 1.54) is 24.7 Å². The number of rotatable bonds is 9. The lowest BCUT2D eigenvalue weighted by Crippen LogP contribution is -2.41. The SMILES string of the molecule is CC(C)(O)C(F)Cn1nnc(-c2cnc(-c3ccc4cc(C#N)cnn34)cc2NC2CC(CNC(=O)O)C2)c1I. The molecule has 1 unspecified atom stereocenters. The van der Waals surface area contributed by atoms with E-state index >= 15 is 0 Å². The van der Waals surface area contributed by atoms with E-state index in [0.717, 1.165) is 29.7 Å². The van der Waals surface area contributed by atoms with Gasteiger partial charge in [-0.05, 0) is 79.5 Å². The van der Waals surface area contributed by atoms with Gasteiger partial charge in [-0.15, -0.1) is 5.10 Å². The molecule has 5 rings (SSSR count). The van der Waals surface area contributed by atoms with Crippen LogP contribution in [0, 0.1) is 20.9 Å². The average Bonchev–Trinajstić information content (AvgIpc) is 3.47. The van der Waals surface area contributed by atoms with Gasteiger partial charge in [0.05, 0.1) is 40.8 Å². The van der Waals surface area contributed by atoms with Crippen molar-refractivity contribution in [2.45, 2.75) is 51.0 Å². The molecular formula is C26H27FIN9O3. The second kappa shape index (κ2) is 11.0. The number of hydrogen-bond donors (Lipinski definition) is 4. The van der Waals surface area contributed by atoms with Crippen molar-refractivity contribution in [3.63, 3.8) is 0 Å². The molecule has 4 aromatic heterocycles. The number of pyridine rings is 1. The summed E-state index contributed by atoms with van der Waals surface area (Å²) in [7, 11) is 0. The number of carboxylic acid groups (broad SMARTS) is 1. The minimum absolute atomic E-state index is 0.105. The summed E-state index contributed by atoms with van der Waals surface area (Å²) in [6.45, 7) is 3.06. The van der Waals surface area contributed by atoms with Crippen LogP contribution in [-0.4, -0.2) is 70.3 Å². The molecule has 208 valence electrons. The Kier molecular flexibility index (Phi) is 7.60. The van der Waals surface area contributed by atoms with Gasteiger partial charge in [-0.3, -0.25) is 4.98 Å². The maximum atomic E-state index is 14.6. The van der Waals surface area contributed by atoms with Crippen LogP contribution in [0.25, 0.3) is 28.2 Å². The maximum Gasteiger partial charge on any atom is 0.404 e. The number of hydrogen-bond acceptors (Lipinski definition) is 8. The van der Waals surface area contributed by atoms with E-state index in [-0.39, 0.29) is 18.5 Å². The number of alkyl halides is 1. The van der Waals surface area contributed by atoms with Crippen molar-refractivity contribution in [3.05, 3.63) is 45.9 Å². The predicted molar refractivity (Wildman–Crippen MR) is 152 cm³/mol. The van der Waals surface area contributed by atoms with Crippen LogP contribution in [0.1, 0.15) is 32.3 Å². The van der Waals surface area contributed by atoms with E-state index in [2.05, 4.69) is 59.7 Å². The number of nitrogens with one attached hydrogen (secondary N) is 2. The van der Waals surface area contributed by atoms with Gasteiger partial charge < -0.3 is 20.8 Å². The number of aliphatic hydroxyl groups is 1. The molecule has 4 aromatic rings. The van der Waals surface area contributed by atoms with Crippen molar-refractivity contribution in [3.8, 4) is 28.7 Å². The van der Waals surface area contributed by atoms with Gasteiger partial charge in [0.15, 0.2) is 0 Å². The molecule has 1 amide bonds. The fourth-order valence-corrected chi connectivity index (χ4v) is 5.28. The van der Waals surface area contributed by atoms with Crippen LogP contribution in [0.5, 0.6) is 0 Å². The molecule has 1 saturated carbocycles. The van der Waals surface area contributed by atoms with Crippen LogP contribution in [0.4, 0.5) is 14.9 Å². The van der Waals surface area contributed by atoms with Crippen LogP contribution in [0.3, 0.4) is 0 Å². The summed E-state index contributed by atoms with van der Waals surface area (Å²) >= 11 is 2.06. The second-order valence-corrected chi connectivity index (χ2v) is 11.4. The highest BCUT2D eigenvalue weighted by atomic mass is 127. The standard InChI is InChI=1S/C26H27FIN9O3/c1-26(2,40)22(27)13-36-24(28)23(34-35-36)18-12-30-20(21-4-3-17-7-15(9-29)11-32-37(17)21)8-19(18)33-16-5-14(6-16)10-31-25(38)39/h3-4,7-8,11-12,14,16,22,31,40H,5-6,10,13H2,1-2H3,(H,30,33)(H,38,39). The van der Waals surface area contributed by atoms with E-state index in [1.54, 1.807) is 16.8 Å². The largest absolute Gasteiger partial charge is 0.465 e. The van der Waals surface area contributed by atoms with Gasteiger partial charge in [0.25, 0.3) is 0 Å². The van der Waals surface area contributed by atoms with Crippen molar-refractivity contribution in [1.29, 1.82) is 5.26 Å². The highest BCUT2D eigenvalue weighted by molar-refractivity contribution is 14.1. The molecule has 1 aliphatic carbocycles. The fraction of sp³-hybridized carbons (Fsp3) is 0.385. The van der Waals surface area contributed by atoms with Crippen LogP contribution >= 0.6 is 22.6 Å². The molecule has 0 bridgehead atoms. The fourth-order valence-electron chi connectivity index (χ4n) is 4.59. The molecule has 0 aliphatic heterocycles. The van der Waals surface area contributed by atoms with Crippen molar-refractivity contribution in [1.82, 2.24) is 34.9 Å². The first-order chi connectivity index (χ1) is 19.0. The zero-order valence-corrected chi connectivity index (χ0v) is 23.9. The Morgan fingerprint density at radius 3 is 2.80 bits per heavy atom. The van der Waals surface area contributed by atoms with E-state index in [1.807, 2.05) is 18.2 Å². The van der Waals surface area contributed by atoms with Crippen LogP contribution in [0.2, 0.25) is 0 Å². The maximum absolute atomic E-state index is 14.6. The molecule has 4 N–H and O–H groups in total. The summed E-state index contributed by atoms with van der Waals surface area (Å²) in [5.41, 5.74) is 2.99. The summed E-state index contributed by atoms with van der Waals surface area (Å²) in [5.74, 6) is 0.232. The van der Waals surface area contributed by atoms with Gasteiger partial charge in [-0.1, -0.05) is 5.21 Å². The lowest BCUT2D eigenvalue weighted by atomic mass is 9.80. The van der Waals surface area contributed by atoms with Gasteiger partial charge in [-0.25, -0.2) is 18.4 Å². The van der Waals surface area contributed by atoms with Crippen molar-refractivity contribution in [2.24, 2.45) is 5.92 Å². The number of amides is 1. The molecule has 0 spiro atoms. The number of anilines is 1. The Hall–Kier alpha value is -3.84. The van der Waals surface area contributed by atoms with E-state index in [0.29, 0.717) is 32.8 Å². The van der Waals surface area contributed by atoms with Gasteiger partial charge in [0.1, 0.15) is 21.6 Å². The predicted octanol–water partition coefficient (Wildman–Crippen LogP) is 3.70. The minimum atomic E-state index is -1.54. The van der Waals surface area contributed by atoms with Crippen LogP contribution in [0.15, 0.2) is 36.7 Å². The summed E-state index contributed by atoms with van der Waals surface area (Å²) in [6, 6.07) is 9.58. The topological polar surface area (TPSA) is 166 Å². The average molecular weight is 659 g/mol. The molecule has 0 saturated heterocycles. The van der Waals surface area contributed by atoms with E-state index < -0.39 is 17.9 Å². The van der Waals surface area contributed by atoms with Crippen LogP contribution < -0.4 is 10.6 Å². The molecule has 40 heavy (non-hydrogen) atoms. The molecule has 1 aliphatic rings. The summed E-state index contributed by atoms with van der Waals surface area (Å²) in [5, 5.41) is 46.9. The summed E-state index contributed by atoms with van der Waals surface area (Å²) in [4.78, 5) is 15.5. The number of halogens is 2. The molecule has 14 heteroatoms. The minimum Gasteiger partial charge on any atom is -0.465 e. The van der Waals surface area contributed by atoms with E-state index in [4.69, 9.17) is 5.11 Å². The third-order valence-electron chi connectivity index (χ3n) is 6.96. The molecule has 0 aromatic carbocycles. The Morgan fingerprint density at radius 1 is 1.32 bits per heavy atom. The first-order valence-corrected chi connectivity index (χ1v) is 13.7. The second-order valence-electron chi connectivity index (χ2n) is 10.4. The molecule has 1 atom stereocenters. The van der Waals surface area contributed by atoms with Crippen molar-refractivity contribution < 1.29 is 19.4 Å². The zero-order valence-electron chi connectivity index (χ0n) is 21.7. The van der Waals surface area contributed by atoms with Gasteiger partial charge in [-0.2, -0.15) is 10.4 Å². The summed E-state index contributed by atoms with van der Waals surface area (Å²) < 4.78 is 18.3. The number of nitrogens with zero attached hydrogens (tertiary/aromatic N) is 7. The molecule has 1 fully saturated rings. The number of nitriles is 1.